The molecule has 4 N–H and O–H groups in total. The fourth-order valence-corrected chi connectivity index (χ4v) is 3.36. The summed E-state index contributed by atoms with van der Waals surface area (Å²) in [6.07, 6.45) is 4.20. The van der Waals surface area contributed by atoms with Crippen molar-refractivity contribution in [3.05, 3.63) is 35.9 Å². The molecule has 0 bridgehead atoms. The van der Waals surface area contributed by atoms with Crippen LogP contribution >= 0.6 is 0 Å². The standard InChI is InChI=1S/C18H29N3O2/c1-21(13-15-8-4-2-5-9-15)14-16(22)12-20-18(17(19)23)10-6-3-7-11-18/h2,4-5,8-9,16,20,22H,3,6-7,10-14H2,1H3,(H2,19,23). The zero-order valence-electron chi connectivity index (χ0n) is 14.0. The number of carbonyl (C=O) groups is 1. The van der Waals surface area contributed by atoms with Crippen LogP contribution in [0.2, 0.25) is 0 Å². The quantitative estimate of drug-likeness (QED) is 0.674. The van der Waals surface area contributed by atoms with Gasteiger partial charge in [0.05, 0.1) is 11.6 Å². The van der Waals surface area contributed by atoms with Gasteiger partial charge in [-0.05, 0) is 25.5 Å². The van der Waals surface area contributed by atoms with E-state index in [9.17, 15) is 9.90 Å². The van der Waals surface area contributed by atoms with Crippen molar-refractivity contribution < 1.29 is 9.90 Å². The Kier molecular flexibility index (Phi) is 6.57. The van der Waals surface area contributed by atoms with Crippen molar-refractivity contribution >= 4 is 5.91 Å². The predicted octanol–water partition coefficient (Wildman–Crippen LogP) is 1.26. The number of hydrogen-bond acceptors (Lipinski definition) is 4. The molecule has 0 aliphatic heterocycles. The number of amides is 1. The molecule has 0 heterocycles. The second-order valence-electron chi connectivity index (χ2n) is 6.72. The maximum atomic E-state index is 11.8. The number of nitrogens with two attached hydrogens (primary N) is 1. The highest BCUT2D eigenvalue weighted by atomic mass is 16.3. The van der Waals surface area contributed by atoms with E-state index in [1.807, 2.05) is 25.2 Å². The molecule has 0 spiro atoms. The average Bonchev–Trinajstić information content (AvgIpc) is 2.54. The molecule has 0 radical (unpaired) electrons. The molecular formula is C18H29N3O2. The zero-order valence-corrected chi connectivity index (χ0v) is 14.0. The first-order valence-corrected chi connectivity index (χ1v) is 8.47. The number of benzene rings is 1. The second-order valence-corrected chi connectivity index (χ2v) is 6.72. The van der Waals surface area contributed by atoms with E-state index in [0.29, 0.717) is 13.1 Å². The van der Waals surface area contributed by atoms with Gasteiger partial charge in [-0.15, -0.1) is 0 Å². The lowest BCUT2D eigenvalue weighted by molar-refractivity contribution is -0.126. The summed E-state index contributed by atoms with van der Waals surface area (Å²) >= 11 is 0. The number of carbonyl (C=O) groups excluding carboxylic acids is 1. The van der Waals surface area contributed by atoms with Gasteiger partial charge in [-0.2, -0.15) is 0 Å². The highest BCUT2D eigenvalue weighted by Gasteiger charge is 2.37. The molecule has 1 saturated carbocycles. The molecule has 1 unspecified atom stereocenters. The lowest BCUT2D eigenvalue weighted by Gasteiger charge is -2.36. The number of aliphatic hydroxyl groups excluding tert-OH is 1. The fourth-order valence-electron chi connectivity index (χ4n) is 3.36. The van der Waals surface area contributed by atoms with E-state index in [1.165, 1.54) is 5.56 Å². The molecule has 2 rings (SSSR count). The minimum Gasteiger partial charge on any atom is -0.390 e. The van der Waals surface area contributed by atoms with Gasteiger partial charge >= 0.3 is 0 Å². The van der Waals surface area contributed by atoms with Gasteiger partial charge in [-0.25, -0.2) is 0 Å². The van der Waals surface area contributed by atoms with Gasteiger partial charge < -0.3 is 16.2 Å². The van der Waals surface area contributed by atoms with Gasteiger partial charge in [-0.3, -0.25) is 9.69 Å². The molecule has 1 aliphatic carbocycles. The Labute approximate surface area is 138 Å². The summed E-state index contributed by atoms with van der Waals surface area (Å²) in [6.45, 7) is 1.73. The van der Waals surface area contributed by atoms with E-state index in [-0.39, 0.29) is 5.91 Å². The summed E-state index contributed by atoms with van der Waals surface area (Å²) in [5, 5.41) is 13.5. The molecule has 1 aromatic carbocycles. The summed E-state index contributed by atoms with van der Waals surface area (Å²) < 4.78 is 0. The molecular weight excluding hydrogens is 290 g/mol. The van der Waals surface area contributed by atoms with Gasteiger partial charge in [0.1, 0.15) is 0 Å². The number of β-amino-alcohol motifs (C(OH)–C–C–N with tert-alkyl or cyclic N) is 1. The maximum Gasteiger partial charge on any atom is 0.237 e. The van der Waals surface area contributed by atoms with Crippen LogP contribution in [0, 0.1) is 0 Å². The second kappa shape index (κ2) is 8.43. The van der Waals surface area contributed by atoms with E-state index < -0.39 is 11.6 Å². The average molecular weight is 319 g/mol. The Morgan fingerprint density at radius 3 is 2.57 bits per heavy atom. The molecule has 1 amide bonds. The van der Waals surface area contributed by atoms with E-state index in [1.54, 1.807) is 0 Å². The van der Waals surface area contributed by atoms with E-state index in [0.717, 1.165) is 38.6 Å². The SMILES string of the molecule is CN(Cc1ccccc1)CC(O)CNC1(C(N)=O)CCCCC1. The lowest BCUT2D eigenvalue weighted by Crippen LogP contribution is -2.58. The van der Waals surface area contributed by atoms with Crippen LogP contribution in [0.25, 0.3) is 0 Å². The summed E-state index contributed by atoms with van der Waals surface area (Å²) in [4.78, 5) is 13.9. The van der Waals surface area contributed by atoms with Crippen LogP contribution < -0.4 is 11.1 Å². The van der Waals surface area contributed by atoms with Crippen LogP contribution in [0.15, 0.2) is 30.3 Å². The molecule has 5 nitrogen and oxygen atoms in total. The third-order valence-electron chi connectivity index (χ3n) is 4.67. The molecule has 128 valence electrons. The number of primary amides is 1. The maximum absolute atomic E-state index is 11.8. The Bertz CT molecular complexity index is 486. The summed E-state index contributed by atoms with van der Waals surface area (Å²) in [6, 6.07) is 10.2. The summed E-state index contributed by atoms with van der Waals surface area (Å²) in [5.74, 6) is -0.290. The van der Waals surface area contributed by atoms with Crippen molar-refractivity contribution in [2.75, 3.05) is 20.1 Å². The molecule has 23 heavy (non-hydrogen) atoms. The van der Waals surface area contributed by atoms with E-state index >= 15 is 0 Å². The van der Waals surface area contributed by atoms with Crippen molar-refractivity contribution in [1.29, 1.82) is 0 Å². The Morgan fingerprint density at radius 1 is 1.30 bits per heavy atom. The predicted molar refractivity (Wildman–Crippen MR) is 91.8 cm³/mol. The highest BCUT2D eigenvalue weighted by Crippen LogP contribution is 2.27. The molecule has 0 aromatic heterocycles. The van der Waals surface area contributed by atoms with Gasteiger partial charge in [0, 0.05) is 19.6 Å². The van der Waals surface area contributed by atoms with Gasteiger partial charge in [-0.1, -0.05) is 49.6 Å². The van der Waals surface area contributed by atoms with Crippen molar-refractivity contribution in [1.82, 2.24) is 10.2 Å². The Balaban J connectivity index is 1.79. The van der Waals surface area contributed by atoms with Gasteiger partial charge in [0.25, 0.3) is 0 Å². The molecule has 1 fully saturated rings. The number of nitrogens with one attached hydrogen (secondary N) is 1. The van der Waals surface area contributed by atoms with Gasteiger partial charge in [0.2, 0.25) is 5.91 Å². The Morgan fingerprint density at radius 2 is 1.96 bits per heavy atom. The largest absolute Gasteiger partial charge is 0.390 e. The van der Waals surface area contributed by atoms with Crippen LogP contribution in [0.5, 0.6) is 0 Å². The first-order chi connectivity index (χ1) is 11.0. The van der Waals surface area contributed by atoms with Gasteiger partial charge in [0.15, 0.2) is 0 Å². The van der Waals surface area contributed by atoms with Crippen LogP contribution in [-0.4, -0.2) is 47.7 Å². The molecule has 1 aliphatic rings. The van der Waals surface area contributed by atoms with Crippen LogP contribution in [0.4, 0.5) is 0 Å². The number of rotatable bonds is 8. The zero-order chi connectivity index (χ0) is 16.7. The molecule has 5 heteroatoms. The van der Waals surface area contributed by atoms with E-state index in [4.69, 9.17) is 5.73 Å². The number of aliphatic hydroxyl groups is 1. The van der Waals surface area contributed by atoms with Crippen LogP contribution in [-0.2, 0) is 11.3 Å². The minimum absolute atomic E-state index is 0.290. The smallest absolute Gasteiger partial charge is 0.237 e. The first kappa shape index (κ1) is 17.9. The monoisotopic (exact) mass is 319 g/mol. The van der Waals surface area contributed by atoms with E-state index in [2.05, 4.69) is 22.3 Å². The summed E-state index contributed by atoms with van der Waals surface area (Å²) in [7, 11) is 1.99. The van der Waals surface area contributed by atoms with Crippen LogP contribution in [0.1, 0.15) is 37.7 Å². The normalized spacial score (nSPS) is 18.7. The fraction of sp³-hybridized carbons (Fsp3) is 0.611. The molecule has 0 saturated heterocycles. The molecule has 1 atom stereocenters. The molecule has 1 aromatic rings. The third kappa shape index (κ3) is 5.30. The van der Waals surface area contributed by atoms with Crippen molar-refractivity contribution in [3.63, 3.8) is 0 Å². The van der Waals surface area contributed by atoms with Crippen molar-refractivity contribution in [3.8, 4) is 0 Å². The topological polar surface area (TPSA) is 78.6 Å². The lowest BCUT2D eigenvalue weighted by atomic mass is 9.81. The van der Waals surface area contributed by atoms with Crippen molar-refractivity contribution in [2.45, 2.75) is 50.3 Å². The highest BCUT2D eigenvalue weighted by molar-refractivity contribution is 5.84. The number of hydrogen-bond donors (Lipinski definition) is 3. The number of nitrogens with zero attached hydrogens (tertiary/aromatic N) is 1. The van der Waals surface area contributed by atoms with Crippen LogP contribution in [0.3, 0.4) is 0 Å². The Hall–Kier alpha value is -1.43. The summed E-state index contributed by atoms with van der Waals surface area (Å²) in [5.41, 5.74) is 6.19. The minimum atomic E-state index is -0.628. The number of likely N-dealkylation sites (N-methyl/N-ethyl adjacent to an activating group) is 1. The van der Waals surface area contributed by atoms with Crippen molar-refractivity contribution in [2.24, 2.45) is 5.73 Å². The first-order valence-electron chi connectivity index (χ1n) is 8.47. The third-order valence-corrected chi connectivity index (χ3v) is 4.67.